The van der Waals surface area contributed by atoms with Crippen molar-refractivity contribution in [1.29, 1.82) is 0 Å². The number of rotatable bonds is 9. The lowest BCUT2D eigenvalue weighted by atomic mass is 9.58. The van der Waals surface area contributed by atoms with E-state index in [1.807, 2.05) is 6.92 Å². The van der Waals surface area contributed by atoms with Gasteiger partial charge in [-0.2, -0.15) is 0 Å². The lowest BCUT2D eigenvalue weighted by Gasteiger charge is -2.48. The Morgan fingerprint density at radius 1 is 1.08 bits per heavy atom. The van der Waals surface area contributed by atoms with E-state index in [1.165, 1.54) is 6.42 Å². The van der Waals surface area contributed by atoms with E-state index < -0.39 is 52.5 Å². The number of carbonyl (C=O) groups excluding carboxylic acids is 2. The Kier molecular flexibility index (Phi) is 6.81. The van der Waals surface area contributed by atoms with Crippen molar-refractivity contribution in [2.45, 2.75) is 111 Å². The fourth-order valence-corrected chi connectivity index (χ4v) is 9.04. The molecule has 1 spiro atoms. The number of hydrogen-bond acceptors (Lipinski definition) is 6. The average molecular weight is 503 g/mol. The molecule has 2 bridgehead atoms. The van der Waals surface area contributed by atoms with E-state index in [0.29, 0.717) is 24.8 Å². The van der Waals surface area contributed by atoms with E-state index in [4.69, 9.17) is 0 Å². The molecule has 4 rings (SSSR count). The van der Waals surface area contributed by atoms with E-state index in [1.54, 1.807) is 19.1 Å². The van der Waals surface area contributed by atoms with Crippen LogP contribution in [0.3, 0.4) is 0 Å². The highest BCUT2D eigenvalue weighted by atomic mass is 16.4. The number of aliphatic hydroxyl groups excluding tert-OH is 3. The molecule has 0 amide bonds. The Labute approximate surface area is 215 Å². The highest BCUT2D eigenvalue weighted by molar-refractivity contribution is 5.96. The molecule has 6 heteroatoms. The minimum atomic E-state index is -2.17. The fraction of sp³-hybridized carbons (Fsp3) is 0.800. The fourth-order valence-electron chi connectivity index (χ4n) is 9.04. The van der Waals surface area contributed by atoms with Crippen LogP contribution in [0.15, 0.2) is 23.3 Å². The minimum absolute atomic E-state index is 0.161. The summed E-state index contributed by atoms with van der Waals surface area (Å²) in [5.74, 6) is -1.13. The SMILES string of the molecule is CCCCCCCC(=O)C[C@@]12CC(C)C34C=C(C)C(O)[C@@]3(O)C(O)C(CO)=C[C@H](C4=O)[C@]1(C)C2(C)C. The largest absolute Gasteiger partial charge is 0.392 e. The topological polar surface area (TPSA) is 115 Å². The normalized spacial score (nSPS) is 44.7. The van der Waals surface area contributed by atoms with Gasteiger partial charge in [0.15, 0.2) is 5.78 Å². The van der Waals surface area contributed by atoms with Gasteiger partial charge in [-0.1, -0.05) is 72.5 Å². The van der Waals surface area contributed by atoms with E-state index >= 15 is 0 Å². The number of Topliss-reactive ketones (excluding diaryl/α,β-unsaturated/α-hetero) is 2. The molecule has 0 aromatic heterocycles. The van der Waals surface area contributed by atoms with Crippen LogP contribution in [0.25, 0.3) is 0 Å². The third-order valence-electron chi connectivity index (χ3n) is 11.5. The predicted octanol–water partition coefficient (Wildman–Crippen LogP) is 3.90. The number of carbonyl (C=O) groups is 2. The molecule has 4 N–H and O–H groups in total. The summed E-state index contributed by atoms with van der Waals surface area (Å²) in [6, 6.07) is 0. The maximum absolute atomic E-state index is 14.6. The second-order valence-corrected chi connectivity index (χ2v) is 13.0. The summed E-state index contributed by atoms with van der Waals surface area (Å²) < 4.78 is 0. The molecule has 202 valence electrons. The average Bonchev–Trinajstić information content (AvgIpc) is 3.11. The van der Waals surface area contributed by atoms with Gasteiger partial charge in [-0.3, -0.25) is 9.59 Å². The Balaban J connectivity index is 1.79. The molecule has 4 aliphatic carbocycles. The molecular weight excluding hydrogens is 456 g/mol. The van der Waals surface area contributed by atoms with Gasteiger partial charge >= 0.3 is 0 Å². The van der Waals surface area contributed by atoms with Gasteiger partial charge in [-0.15, -0.1) is 0 Å². The number of ketones is 2. The quantitative estimate of drug-likeness (QED) is 0.281. The Morgan fingerprint density at radius 3 is 2.33 bits per heavy atom. The smallest absolute Gasteiger partial charge is 0.153 e. The van der Waals surface area contributed by atoms with Crippen LogP contribution in [0.1, 0.15) is 92.9 Å². The van der Waals surface area contributed by atoms with Crippen LogP contribution in [0.2, 0.25) is 0 Å². The maximum atomic E-state index is 14.6. The standard InChI is InChI=1S/C30H46O6/c1-7-8-9-10-11-12-21(32)16-28-15-19(3)29-14-18(2)23(33)30(29,36)24(34)20(17-31)13-22(25(29)35)27(28,6)26(28,4)5/h13-14,19,22-24,31,33-34,36H,7-12,15-17H2,1-6H3/t19?,22-,23?,24?,27-,28-,29?,30-/m1/s1. The molecule has 0 radical (unpaired) electrons. The monoisotopic (exact) mass is 502 g/mol. The van der Waals surface area contributed by atoms with Gasteiger partial charge in [0.25, 0.3) is 0 Å². The van der Waals surface area contributed by atoms with Crippen molar-refractivity contribution >= 4 is 11.6 Å². The molecule has 36 heavy (non-hydrogen) atoms. The molecule has 0 aromatic rings. The van der Waals surface area contributed by atoms with Gasteiger partial charge in [-0.25, -0.2) is 0 Å². The number of unbranched alkanes of at least 4 members (excludes halogenated alkanes) is 4. The molecular formula is C30H46O6. The molecule has 0 aliphatic heterocycles. The van der Waals surface area contributed by atoms with Crippen LogP contribution in [0.4, 0.5) is 0 Å². The summed E-state index contributed by atoms with van der Waals surface area (Å²) in [5, 5.41) is 44.7. The van der Waals surface area contributed by atoms with E-state index in [9.17, 15) is 30.0 Å². The minimum Gasteiger partial charge on any atom is -0.392 e. The Bertz CT molecular complexity index is 995. The van der Waals surface area contributed by atoms with Crippen LogP contribution in [0.5, 0.6) is 0 Å². The summed E-state index contributed by atoms with van der Waals surface area (Å²) >= 11 is 0. The first-order chi connectivity index (χ1) is 16.7. The van der Waals surface area contributed by atoms with Crippen LogP contribution >= 0.6 is 0 Å². The zero-order chi connectivity index (χ0) is 26.9. The van der Waals surface area contributed by atoms with Gasteiger partial charge in [0.05, 0.1) is 12.0 Å². The first-order valence-corrected chi connectivity index (χ1v) is 13.9. The predicted molar refractivity (Wildman–Crippen MR) is 138 cm³/mol. The highest BCUT2D eigenvalue weighted by Crippen LogP contribution is 2.87. The Morgan fingerprint density at radius 2 is 1.72 bits per heavy atom. The maximum Gasteiger partial charge on any atom is 0.153 e. The second-order valence-electron chi connectivity index (χ2n) is 13.0. The highest BCUT2D eigenvalue weighted by Gasteiger charge is 2.86. The first kappa shape index (κ1) is 27.7. The van der Waals surface area contributed by atoms with Gasteiger partial charge in [0.2, 0.25) is 0 Å². The third-order valence-corrected chi connectivity index (χ3v) is 11.5. The van der Waals surface area contributed by atoms with Crippen LogP contribution in [-0.4, -0.2) is 56.4 Å². The van der Waals surface area contributed by atoms with Crippen molar-refractivity contribution in [3.05, 3.63) is 23.3 Å². The summed E-state index contributed by atoms with van der Waals surface area (Å²) in [5.41, 5.74) is -4.45. The van der Waals surface area contributed by atoms with Crippen molar-refractivity contribution in [3.63, 3.8) is 0 Å². The third kappa shape index (κ3) is 3.11. The lowest BCUT2D eigenvalue weighted by Crippen LogP contribution is -2.65. The van der Waals surface area contributed by atoms with E-state index in [-0.39, 0.29) is 22.6 Å². The number of allylic oxidation sites excluding steroid dienone is 1. The molecule has 2 fully saturated rings. The molecule has 6 nitrogen and oxygen atoms in total. The lowest BCUT2D eigenvalue weighted by molar-refractivity contribution is -0.190. The van der Waals surface area contributed by atoms with Gasteiger partial charge in [0, 0.05) is 18.8 Å². The van der Waals surface area contributed by atoms with Crippen molar-refractivity contribution in [3.8, 4) is 0 Å². The molecule has 8 atom stereocenters. The van der Waals surface area contributed by atoms with Crippen LogP contribution in [-0.2, 0) is 9.59 Å². The van der Waals surface area contributed by atoms with E-state index in [0.717, 1.165) is 25.7 Å². The zero-order valence-electron chi connectivity index (χ0n) is 22.9. The summed E-state index contributed by atoms with van der Waals surface area (Å²) in [4.78, 5) is 27.9. The van der Waals surface area contributed by atoms with E-state index in [2.05, 4.69) is 27.7 Å². The summed E-state index contributed by atoms with van der Waals surface area (Å²) in [6.45, 7) is 11.6. The van der Waals surface area contributed by atoms with Crippen molar-refractivity contribution in [2.24, 2.45) is 33.5 Å². The van der Waals surface area contributed by atoms with Crippen molar-refractivity contribution < 1.29 is 30.0 Å². The molecule has 2 saturated carbocycles. The zero-order valence-corrected chi connectivity index (χ0v) is 22.9. The van der Waals surface area contributed by atoms with Gasteiger partial charge in [0.1, 0.15) is 23.6 Å². The van der Waals surface area contributed by atoms with Crippen molar-refractivity contribution in [2.75, 3.05) is 6.61 Å². The molecule has 0 heterocycles. The first-order valence-electron chi connectivity index (χ1n) is 13.9. The van der Waals surface area contributed by atoms with Crippen LogP contribution < -0.4 is 0 Å². The second kappa shape index (κ2) is 8.86. The van der Waals surface area contributed by atoms with Crippen LogP contribution in [0, 0.1) is 33.5 Å². The molecule has 0 aromatic carbocycles. The molecule has 4 aliphatic rings. The summed E-state index contributed by atoms with van der Waals surface area (Å²) in [7, 11) is 0. The van der Waals surface area contributed by atoms with Gasteiger partial charge < -0.3 is 20.4 Å². The number of hydrogen-bond donors (Lipinski definition) is 4. The Hall–Kier alpha value is -1.34. The molecule has 0 saturated heterocycles. The van der Waals surface area contributed by atoms with Crippen molar-refractivity contribution in [1.82, 2.24) is 0 Å². The molecule has 4 unspecified atom stereocenters. The van der Waals surface area contributed by atoms with Gasteiger partial charge in [-0.05, 0) is 53.1 Å². The summed E-state index contributed by atoms with van der Waals surface area (Å²) in [6.07, 6.45) is 7.17. The number of aliphatic hydroxyl groups is 4. The number of fused-ring (bicyclic) bond motifs is 3.